The Balaban J connectivity index is 1.73. The Labute approximate surface area is 173 Å². The molecule has 0 spiro atoms. The highest BCUT2D eigenvalue weighted by Gasteiger charge is 2.06. The van der Waals surface area contributed by atoms with Crippen LogP contribution in [-0.2, 0) is 16.0 Å². The molecule has 0 aliphatic carbocycles. The first-order valence-corrected chi connectivity index (χ1v) is 9.75. The summed E-state index contributed by atoms with van der Waals surface area (Å²) in [6.07, 6.45) is 2.35. The number of esters is 1. The van der Waals surface area contributed by atoms with Crippen LogP contribution in [0, 0.1) is 0 Å². The first-order valence-electron chi connectivity index (χ1n) is 8.96. The highest BCUT2D eigenvalue weighted by Crippen LogP contribution is 2.25. The van der Waals surface area contributed by atoms with Crippen LogP contribution in [0.3, 0.4) is 0 Å². The van der Waals surface area contributed by atoms with E-state index in [1.54, 1.807) is 0 Å². The van der Waals surface area contributed by atoms with E-state index in [4.69, 9.17) is 4.74 Å². The Morgan fingerprint density at radius 1 is 0.893 bits per heavy atom. The zero-order valence-corrected chi connectivity index (χ0v) is 17.2. The van der Waals surface area contributed by atoms with Crippen LogP contribution >= 0.6 is 15.9 Å². The molecule has 0 aromatic heterocycles. The highest BCUT2D eigenvalue weighted by atomic mass is 79.9. The Hall–Kier alpha value is -2.85. The molecule has 3 aromatic rings. The van der Waals surface area contributed by atoms with E-state index in [1.807, 2.05) is 54.6 Å². The first kappa shape index (κ1) is 19.9. The lowest BCUT2D eigenvalue weighted by molar-refractivity contribution is -0.139. The van der Waals surface area contributed by atoms with Crippen LogP contribution in [0.25, 0.3) is 5.57 Å². The minimum Gasteiger partial charge on any atom is -0.490 e. The van der Waals surface area contributed by atoms with Crippen molar-refractivity contribution < 1.29 is 14.3 Å². The van der Waals surface area contributed by atoms with E-state index in [-0.39, 0.29) is 12.4 Å². The summed E-state index contributed by atoms with van der Waals surface area (Å²) in [6.45, 7) is 0.441. The van der Waals surface area contributed by atoms with Crippen molar-refractivity contribution >= 4 is 27.5 Å². The Morgan fingerprint density at radius 3 is 2.18 bits per heavy atom. The molecule has 142 valence electrons. The second-order valence-corrected chi connectivity index (χ2v) is 7.11. The van der Waals surface area contributed by atoms with Gasteiger partial charge in [0, 0.05) is 4.47 Å². The Kier molecular flexibility index (Phi) is 7.04. The summed E-state index contributed by atoms with van der Waals surface area (Å²) in [5.41, 5.74) is 4.29. The van der Waals surface area contributed by atoms with Crippen LogP contribution in [-0.4, -0.2) is 19.7 Å². The quantitative estimate of drug-likeness (QED) is 0.447. The van der Waals surface area contributed by atoms with Crippen LogP contribution in [0.2, 0.25) is 0 Å². The number of methoxy groups -OCH3 is 1. The van der Waals surface area contributed by atoms with Gasteiger partial charge in [-0.1, -0.05) is 70.5 Å². The lowest BCUT2D eigenvalue weighted by atomic mass is 9.98. The lowest BCUT2D eigenvalue weighted by Gasteiger charge is -2.10. The van der Waals surface area contributed by atoms with Crippen molar-refractivity contribution in [1.29, 1.82) is 0 Å². The largest absolute Gasteiger partial charge is 0.490 e. The average Bonchev–Trinajstić information content (AvgIpc) is 2.74. The number of hydrogen-bond donors (Lipinski definition) is 0. The maximum Gasteiger partial charge on any atom is 0.309 e. The van der Waals surface area contributed by atoms with Gasteiger partial charge in [-0.2, -0.15) is 0 Å². The molecule has 0 amide bonds. The summed E-state index contributed by atoms with van der Waals surface area (Å²) < 4.78 is 11.6. The van der Waals surface area contributed by atoms with Crippen LogP contribution in [0.5, 0.6) is 5.75 Å². The van der Waals surface area contributed by atoms with Crippen molar-refractivity contribution in [3.8, 4) is 5.75 Å². The molecule has 0 saturated carbocycles. The van der Waals surface area contributed by atoms with Gasteiger partial charge in [-0.05, 0) is 52.6 Å². The van der Waals surface area contributed by atoms with Crippen molar-refractivity contribution in [2.24, 2.45) is 0 Å². The van der Waals surface area contributed by atoms with E-state index in [0.29, 0.717) is 6.61 Å². The average molecular weight is 437 g/mol. The fraction of sp³-hybridized carbons (Fsp3) is 0.125. The van der Waals surface area contributed by atoms with Crippen molar-refractivity contribution in [1.82, 2.24) is 0 Å². The van der Waals surface area contributed by atoms with Gasteiger partial charge in [0.2, 0.25) is 0 Å². The van der Waals surface area contributed by atoms with Crippen LogP contribution in [0.1, 0.15) is 16.7 Å². The van der Waals surface area contributed by atoms with Gasteiger partial charge in [0.15, 0.2) is 0 Å². The van der Waals surface area contributed by atoms with Crippen LogP contribution in [0.4, 0.5) is 0 Å². The van der Waals surface area contributed by atoms with Gasteiger partial charge in [-0.15, -0.1) is 0 Å². The van der Waals surface area contributed by atoms with Gasteiger partial charge in [-0.25, -0.2) is 0 Å². The smallest absolute Gasteiger partial charge is 0.309 e. The molecule has 0 saturated heterocycles. The van der Waals surface area contributed by atoms with E-state index < -0.39 is 0 Å². The molecular formula is C24H21BrO3. The summed E-state index contributed by atoms with van der Waals surface area (Å²) in [5, 5.41) is 0. The summed E-state index contributed by atoms with van der Waals surface area (Å²) in [4.78, 5) is 11.3. The van der Waals surface area contributed by atoms with Crippen molar-refractivity contribution in [2.45, 2.75) is 6.42 Å². The lowest BCUT2D eigenvalue weighted by Crippen LogP contribution is -2.04. The maximum absolute atomic E-state index is 11.3. The molecule has 3 aromatic carbocycles. The van der Waals surface area contributed by atoms with Crippen molar-refractivity contribution in [3.63, 3.8) is 0 Å². The van der Waals surface area contributed by atoms with Crippen LogP contribution < -0.4 is 4.74 Å². The SMILES string of the molecule is COC(=O)Cc1ccc(OC/C=C(\c2ccccc2)c2ccc(Br)cc2)cc1. The number of carbonyl (C=O) groups excluding carboxylic acids is 1. The Morgan fingerprint density at radius 2 is 1.54 bits per heavy atom. The van der Waals surface area contributed by atoms with E-state index in [2.05, 4.69) is 51.0 Å². The third-order valence-corrected chi connectivity index (χ3v) is 4.81. The number of halogens is 1. The van der Waals surface area contributed by atoms with E-state index in [0.717, 1.165) is 32.5 Å². The molecule has 3 nitrogen and oxygen atoms in total. The van der Waals surface area contributed by atoms with E-state index in [9.17, 15) is 4.79 Å². The number of benzene rings is 3. The normalized spacial score (nSPS) is 11.1. The van der Waals surface area contributed by atoms with Crippen molar-refractivity contribution in [3.05, 3.63) is 106 Å². The zero-order valence-electron chi connectivity index (χ0n) is 15.6. The number of ether oxygens (including phenoxy) is 2. The maximum atomic E-state index is 11.3. The molecule has 0 fully saturated rings. The van der Waals surface area contributed by atoms with E-state index in [1.165, 1.54) is 7.11 Å². The van der Waals surface area contributed by atoms with Gasteiger partial charge in [0.05, 0.1) is 13.5 Å². The standard InChI is InChI=1S/C24H21BrO3/c1-27-24(26)17-18-7-13-22(14-8-18)28-16-15-23(19-5-3-2-4-6-19)20-9-11-21(25)12-10-20/h2-15H,16-17H2,1H3/b23-15+. The third-order valence-electron chi connectivity index (χ3n) is 4.28. The van der Waals surface area contributed by atoms with Gasteiger partial charge < -0.3 is 9.47 Å². The molecule has 3 rings (SSSR count). The molecule has 0 N–H and O–H groups in total. The highest BCUT2D eigenvalue weighted by molar-refractivity contribution is 9.10. The Bertz CT molecular complexity index is 930. The molecule has 4 heteroatoms. The molecular weight excluding hydrogens is 416 g/mol. The number of rotatable bonds is 7. The van der Waals surface area contributed by atoms with Crippen LogP contribution in [0.15, 0.2) is 89.4 Å². The summed E-state index contributed by atoms with van der Waals surface area (Å²) in [6, 6.07) is 26.0. The topological polar surface area (TPSA) is 35.5 Å². The number of carbonyl (C=O) groups is 1. The third kappa shape index (κ3) is 5.57. The molecule has 0 bridgehead atoms. The predicted molar refractivity (Wildman–Crippen MR) is 115 cm³/mol. The number of hydrogen-bond acceptors (Lipinski definition) is 3. The van der Waals surface area contributed by atoms with Gasteiger partial charge >= 0.3 is 5.97 Å². The molecule has 0 aliphatic heterocycles. The van der Waals surface area contributed by atoms with Gasteiger partial charge in [-0.3, -0.25) is 4.79 Å². The first-order chi connectivity index (χ1) is 13.7. The second-order valence-electron chi connectivity index (χ2n) is 6.20. The summed E-state index contributed by atoms with van der Waals surface area (Å²) in [5.74, 6) is 0.506. The summed E-state index contributed by atoms with van der Waals surface area (Å²) >= 11 is 3.49. The minimum absolute atomic E-state index is 0.251. The zero-order chi connectivity index (χ0) is 19.8. The monoisotopic (exact) mass is 436 g/mol. The molecule has 28 heavy (non-hydrogen) atoms. The second kappa shape index (κ2) is 9.90. The fourth-order valence-corrected chi connectivity index (χ4v) is 3.08. The van der Waals surface area contributed by atoms with Gasteiger partial charge in [0.25, 0.3) is 0 Å². The molecule has 0 heterocycles. The molecule has 0 atom stereocenters. The van der Waals surface area contributed by atoms with Gasteiger partial charge in [0.1, 0.15) is 12.4 Å². The predicted octanol–water partition coefficient (Wildman–Crippen LogP) is 5.68. The minimum atomic E-state index is -0.251. The molecule has 0 aliphatic rings. The molecule has 0 unspecified atom stereocenters. The molecule has 0 radical (unpaired) electrons. The fourth-order valence-electron chi connectivity index (χ4n) is 2.81. The van der Waals surface area contributed by atoms with Crippen molar-refractivity contribution in [2.75, 3.05) is 13.7 Å². The summed E-state index contributed by atoms with van der Waals surface area (Å²) in [7, 11) is 1.39. The van der Waals surface area contributed by atoms with E-state index >= 15 is 0 Å².